The van der Waals surface area contributed by atoms with Crippen molar-refractivity contribution >= 4 is 5.57 Å². The maximum Gasteiger partial charge on any atom is -0.000698 e. The van der Waals surface area contributed by atoms with Gasteiger partial charge in [0.25, 0.3) is 0 Å². The summed E-state index contributed by atoms with van der Waals surface area (Å²) in [7, 11) is 0. The van der Waals surface area contributed by atoms with Crippen molar-refractivity contribution in [3.63, 3.8) is 0 Å². The van der Waals surface area contributed by atoms with Gasteiger partial charge in [-0.3, -0.25) is 0 Å². The predicted molar refractivity (Wildman–Crippen MR) is 123 cm³/mol. The summed E-state index contributed by atoms with van der Waals surface area (Å²) in [5.74, 6) is 0. The predicted octanol–water partition coefficient (Wildman–Crippen LogP) is 7.41. The van der Waals surface area contributed by atoms with Gasteiger partial charge >= 0.3 is 0 Å². The molecular formula is C28H34. The quantitative estimate of drug-likeness (QED) is 0.423. The van der Waals surface area contributed by atoms with Crippen LogP contribution in [0.5, 0.6) is 0 Å². The lowest BCUT2D eigenvalue weighted by Gasteiger charge is -2.24. The van der Waals surface area contributed by atoms with Crippen molar-refractivity contribution in [2.45, 2.75) is 79.6 Å². The van der Waals surface area contributed by atoms with Gasteiger partial charge in [0.15, 0.2) is 0 Å². The zero-order valence-corrected chi connectivity index (χ0v) is 18.3. The molecule has 0 fully saturated rings. The number of hydrogen-bond acceptors (Lipinski definition) is 0. The highest BCUT2D eigenvalue weighted by molar-refractivity contribution is 5.90. The summed E-state index contributed by atoms with van der Waals surface area (Å²) in [5, 5.41) is 0. The minimum absolute atomic E-state index is 1.09. The Hall–Kier alpha value is -2.08. The second-order valence-corrected chi connectivity index (χ2v) is 8.22. The zero-order chi connectivity index (χ0) is 19.8. The van der Waals surface area contributed by atoms with E-state index in [1.54, 1.807) is 50.1 Å². The molecule has 0 radical (unpaired) electrons. The average Bonchev–Trinajstić information content (AvgIpc) is 3.38. The summed E-state index contributed by atoms with van der Waals surface area (Å²) in [5.41, 5.74) is 17.4. The van der Waals surface area contributed by atoms with Crippen molar-refractivity contribution < 1.29 is 0 Å². The molecule has 0 amide bonds. The highest BCUT2D eigenvalue weighted by Crippen LogP contribution is 2.49. The molecule has 2 aromatic carbocycles. The molecule has 0 nitrogen and oxygen atoms in total. The Morgan fingerprint density at radius 1 is 0.714 bits per heavy atom. The molecule has 0 saturated carbocycles. The average molecular weight is 371 g/mol. The zero-order valence-electron chi connectivity index (χ0n) is 18.3. The van der Waals surface area contributed by atoms with Crippen LogP contribution >= 0.6 is 0 Å². The molecule has 0 aromatic heterocycles. The van der Waals surface area contributed by atoms with E-state index in [1.165, 1.54) is 11.1 Å². The molecule has 0 saturated heterocycles. The van der Waals surface area contributed by atoms with Crippen molar-refractivity contribution in [1.29, 1.82) is 0 Å². The standard InChI is InChI=1S/C28H34/c1-6-18-15-19(7-2)26-21(16-18)17-25-27(20-13-11-12-14-20)23(9-4)22(8-3)24(10-5)28(25)26/h11-13,15-16H,6-10,14,17H2,1-5H3. The van der Waals surface area contributed by atoms with Gasteiger partial charge in [-0.1, -0.05) is 65.0 Å². The molecule has 4 rings (SSSR count). The van der Waals surface area contributed by atoms with Crippen LogP contribution in [0.3, 0.4) is 0 Å². The van der Waals surface area contributed by atoms with Crippen molar-refractivity contribution in [2.24, 2.45) is 0 Å². The Kier molecular flexibility index (Phi) is 5.32. The fourth-order valence-electron chi connectivity index (χ4n) is 5.65. The van der Waals surface area contributed by atoms with E-state index in [0.29, 0.717) is 0 Å². The van der Waals surface area contributed by atoms with E-state index in [-0.39, 0.29) is 0 Å². The van der Waals surface area contributed by atoms with E-state index in [0.717, 1.165) is 44.9 Å². The Morgan fingerprint density at radius 3 is 2.00 bits per heavy atom. The summed E-state index contributed by atoms with van der Waals surface area (Å²) in [6.07, 6.45) is 14.8. The fourth-order valence-corrected chi connectivity index (χ4v) is 5.65. The molecule has 0 heteroatoms. The lowest BCUT2D eigenvalue weighted by atomic mass is 9.80. The molecule has 146 valence electrons. The van der Waals surface area contributed by atoms with Gasteiger partial charge in [0.2, 0.25) is 0 Å². The molecule has 0 atom stereocenters. The van der Waals surface area contributed by atoms with Crippen LogP contribution in [0.1, 0.15) is 85.5 Å². The van der Waals surface area contributed by atoms with E-state index >= 15 is 0 Å². The summed E-state index contributed by atoms with van der Waals surface area (Å²) in [6, 6.07) is 4.97. The van der Waals surface area contributed by atoms with Gasteiger partial charge < -0.3 is 0 Å². The Bertz CT molecular complexity index is 982. The molecule has 28 heavy (non-hydrogen) atoms. The second-order valence-electron chi connectivity index (χ2n) is 8.22. The van der Waals surface area contributed by atoms with E-state index < -0.39 is 0 Å². The topological polar surface area (TPSA) is 0 Å². The van der Waals surface area contributed by atoms with E-state index in [1.807, 2.05) is 0 Å². The molecule has 2 aromatic rings. The van der Waals surface area contributed by atoms with Crippen molar-refractivity contribution in [3.05, 3.63) is 74.9 Å². The molecule has 2 aliphatic carbocycles. The van der Waals surface area contributed by atoms with E-state index in [4.69, 9.17) is 0 Å². The van der Waals surface area contributed by atoms with Gasteiger partial charge in [0.1, 0.15) is 0 Å². The number of fused-ring (bicyclic) bond motifs is 3. The largest absolute Gasteiger partial charge is 0.0801 e. The van der Waals surface area contributed by atoms with Crippen LogP contribution < -0.4 is 0 Å². The van der Waals surface area contributed by atoms with Gasteiger partial charge in [0.05, 0.1) is 0 Å². The van der Waals surface area contributed by atoms with Crippen molar-refractivity contribution in [2.75, 3.05) is 0 Å². The number of allylic oxidation sites excluding steroid dienone is 4. The first-order valence-electron chi connectivity index (χ1n) is 11.4. The molecule has 2 aliphatic rings. The molecule has 0 aliphatic heterocycles. The van der Waals surface area contributed by atoms with Gasteiger partial charge in [-0.05, 0) is 106 Å². The van der Waals surface area contributed by atoms with E-state index in [2.05, 4.69) is 65.0 Å². The Balaban J connectivity index is 2.10. The normalized spacial score (nSPS) is 14.4. The van der Waals surface area contributed by atoms with Crippen LogP contribution in [0, 0.1) is 0 Å². The number of hydrogen-bond donors (Lipinski definition) is 0. The first-order chi connectivity index (χ1) is 13.7. The van der Waals surface area contributed by atoms with Gasteiger partial charge in [-0.25, -0.2) is 0 Å². The number of rotatable bonds is 6. The summed E-state index contributed by atoms with van der Waals surface area (Å²) >= 11 is 0. The molecule has 0 unspecified atom stereocenters. The van der Waals surface area contributed by atoms with Crippen molar-refractivity contribution in [1.82, 2.24) is 0 Å². The highest BCUT2D eigenvalue weighted by atomic mass is 14.3. The lowest BCUT2D eigenvalue weighted by Crippen LogP contribution is -2.08. The monoisotopic (exact) mass is 370 g/mol. The third-order valence-electron chi connectivity index (χ3n) is 6.86. The van der Waals surface area contributed by atoms with Crippen LogP contribution in [-0.4, -0.2) is 0 Å². The van der Waals surface area contributed by atoms with Crippen molar-refractivity contribution in [3.8, 4) is 11.1 Å². The van der Waals surface area contributed by atoms with Crippen LogP contribution in [0.25, 0.3) is 16.7 Å². The third-order valence-corrected chi connectivity index (χ3v) is 6.86. The smallest absolute Gasteiger partial charge is 0.000698 e. The van der Waals surface area contributed by atoms with Gasteiger partial charge in [-0.2, -0.15) is 0 Å². The maximum absolute atomic E-state index is 2.50. The van der Waals surface area contributed by atoms with Gasteiger partial charge in [-0.15, -0.1) is 0 Å². The summed E-state index contributed by atoms with van der Waals surface area (Å²) in [6.45, 7) is 11.7. The minimum atomic E-state index is 1.09. The molecule has 0 spiro atoms. The summed E-state index contributed by atoms with van der Waals surface area (Å²) < 4.78 is 0. The molecular weight excluding hydrogens is 336 g/mol. The molecule has 0 heterocycles. The van der Waals surface area contributed by atoms with Crippen LogP contribution in [0.15, 0.2) is 30.4 Å². The first-order valence-corrected chi connectivity index (χ1v) is 11.4. The first kappa shape index (κ1) is 19.2. The number of benzene rings is 2. The second kappa shape index (κ2) is 7.74. The third kappa shape index (κ3) is 2.81. The minimum Gasteiger partial charge on any atom is -0.0801 e. The molecule has 0 bridgehead atoms. The Labute approximate surface area is 171 Å². The summed E-state index contributed by atoms with van der Waals surface area (Å²) in [4.78, 5) is 0. The Morgan fingerprint density at radius 2 is 1.43 bits per heavy atom. The van der Waals surface area contributed by atoms with Crippen LogP contribution in [-0.2, 0) is 38.5 Å². The van der Waals surface area contributed by atoms with Crippen LogP contribution in [0.2, 0.25) is 0 Å². The van der Waals surface area contributed by atoms with Crippen LogP contribution in [0.4, 0.5) is 0 Å². The maximum atomic E-state index is 2.50. The SMILES string of the molecule is CCc1cc(CC)c2c(c1)Cc1c(C3=CC=CC3)c(CC)c(CC)c(CC)c1-2. The fraction of sp³-hybridized carbons (Fsp3) is 0.429. The lowest BCUT2D eigenvalue weighted by molar-refractivity contribution is 0.969. The molecule has 0 N–H and O–H groups in total. The highest BCUT2D eigenvalue weighted by Gasteiger charge is 2.31. The van der Waals surface area contributed by atoms with Gasteiger partial charge in [0, 0.05) is 0 Å². The number of aryl methyl sites for hydroxylation is 2. The van der Waals surface area contributed by atoms with E-state index in [9.17, 15) is 0 Å².